The van der Waals surface area contributed by atoms with Crippen LogP contribution >= 0.6 is 0 Å². The molecule has 0 saturated carbocycles. The van der Waals surface area contributed by atoms with Gasteiger partial charge in [-0.2, -0.15) is 0 Å². The first-order chi connectivity index (χ1) is 14.5. The number of aromatic carboxylic acids is 1. The zero-order valence-electron chi connectivity index (χ0n) is 16.2. The Bertz CT molecular complexity index is 1200. The number of benzene rings is 3. The van der Waals surface area contributed by atoms with Crippen LogP contribution < -0.4 is 10.1 Å². The number of hydrogen-bond acceptors (Lipinski definition) is 4. The lowest BCUT2D eigenvalue weighted by Gasteiger charge is -2.18. The third-order valence-corrected chi connectivity index (χ3v) is 4.79. The molecule has 0 bridgehead atoms. The number of nitrogens with one attached hydrogen (secondary N) is 1. The highest BCUT2D eigenvalue weighted by molar-refractivity contribution is 5.97. The molecule has 2 N–H and O–H groups in total. The summed E-state index contributed by atoms with van der Waals surface area (Å²) < 4.78 is 19.5. The Morgan fingerprint density at radius 2 is 1.83 bits per heavy atom. The lowest BCUT2D eigenvalue weighted by molar-refractivity contribution is 0.0697. The number of carbonyl (C=O) groups is 1. The molecule has 6 heteroatoms. The quantitative estimate of drug-likeness (QED) is 0.412. The fraction of sp³-hybridized carbons (Fsp3) is 0.0833. The maximum Gasteiger partial charge on any atom is 0.335 e. The molecule has 30 heavy (non-hydrogen) atoms. The van der Waals surface area contributed by atoms with Crippen LogP contribution in [0.15, 0.2) is 79.0 Å². The van der Waals surface area contributed by atoms with Crippen LogP contribution in [0, 0.1) is 5.82 Å². The molecule has 0 spiro atoms. The summed E-state index contributed by atoms with van der Waals surface area (Å²) in [7, 11) is 0. The van der Waals surface area contributed by atoms with Crippen molar-refractivity contribution in [3.8, 4) is 11.5 Å². The topological polar surface area (TPSA) is 71.5 Å². The molecule has 1 aromatic heterocycles. The lowest BCUT2D eigenvalue weighted by Crippen LogP contribution is -2.09. The molecule has 0 aliphatic rings. The van der Waals surface area contributed by atoms with Crippen molar-refractivity contribution in [3.63, 3.8) is 0 Å². The fourth-order valence-electron chi connectivity index (χ4n) is 3.25. The Labute approximate surface area is 172 Å². The first kappa shape index (κ1) is 19.4. The Balaban J connectivity index is 1.67. The number of fused-ring (bicyclic) bond motifs is 1. The number of ether oxygens (including phenoxy) is 1. The molecule has 0 amide bonds. The third kappa shape index (κ3) is 4.07. The van der Waals surface area contributed by atoms with E-state index in [2.05, 4.69) is 10.3 Å². The predicted octanol–water partition coefficient (Wildman–Crippen LogP) is 6.04. The summed E-state index contributed by atoms with van der Waals surface area (Å²) >= 11 is 0. The highest BCUT2D eigenvalue weighted by Gasteiger charge is 2.14. The number of anilines is 1. The average Bonchev–Trinajstić information content (AvgIpc) is 2.74. The normalized spacial score (nSPS) is 11.8. The molecule has 0 radical (unpaired) electrons. The van der Waals surface area contributed by atoms with Gasteiger partial charge in [-0.15, -0.1) is 0 Å². The molecule has 150 valence electrons. The fourth-order valence-corrected chi connectivity index (χ4v) is 3.25. The number of carboxylic acids is 1. The molecule has 0 aliphatic heterocycles. The van der Waals surface area contributed by atoms with Gasteiger partial charge in [-0.25, -0.2) is 14.2 Å². The number of nitrogens with zero attached hydrogens (tertiary/aromatic N) is 1. The van der Waals surface area contributed by atoms with E-state index in [1.54, 1.807) is 42.6 Å². The van der Waals surface area contributed by atoms with Crippen LogP contribution in [-0.4, -0.2) is 16.1 Å². The van der Waals surface area contributed by atoms with Gasteiger partial charge < -0.3 is 15.2 Å². The highest BCUT2D eigenvalue weighted by atomic mass is 19.1. The van der Waals surface area contributed by atoms with Crippen molar-refractivity contribution < 1.29 is 19.0 Å². The molecule has 0 saturated heterocycles. The molecule has 5 nitrogen and oxygen atoms in total. The van der Waals surface area contributed by atoms with Gasteiger partial charge in [0.15, 0.2) is 0 Å². The van der Waals surface area contributed by atoms with E-state index in [1.165, 1.54) is 12.1 Å². The lowest BCUT2D eigenvalue weighted by atomic mass is 10.1. The van der Waals surface area contributed by atoms with Crippen molar-refractivity contribution in [2.24, 2.45) is 0 Å². The SMILES string of the molecule is C[C@H](Nc1nccc2cccc(Oc3cccc(F)c3)c12)c1ccc(C(=O)O)cc1. The summed E-state index contributed by atoms with van der Waals surface area (Å²) in [5.41, 5.74) is 1.15. The van der Waals surface area contributed by atoms with Crippen LogP contribution in [0.4, 0.5) is 10.2 Å². The molecular weight excluding hydrogens is 383 g/mol. The highest BCUT2D eigenvalue weighted by Crippen LogP contribution is 2.35. The van der Waals surface area contributed by atoms with Crippen LogP contribution in [0.1, 0.15) is 28.9 Å². The molecule has 0 fully saturated rings. The molecule has 0 unspecified atom stereocenters. The number of hydrogen-bond donors (Lipinski definition) is 2. The van der Waals surface area contributed by atoms with Crippen molar-refractivity contribution >= 4 is 22.6 Å². The number of aromatic nitrogens is 1. The van der Waals surface area contributed by atoms with E-state index in [1.807, 2.05) is 31.2 Å². The van der Waals surface area contributed by atoms with Crippen molar-refractivity contribution in [2.75, 3.05) is 5.32 Å². The summed E-state index contributed by atoms with van der Waals surface area (Å²) in [6, 6.07) is 20.1. The monoisotopic (exact) mass is 402 g/mol. The van der Waals surface area contributed by atoms with Crippen molar-refractivity contribution in [1.82, 2.24) is 4.98 Å². The Morgan fingerprint density at radius 3 is 2.57 bits per heavy atom. The predicted molar refractivity (Wildman–Crippen MR) is 114 cm³/mol. The van der Waals surface area contributed by atoms with E-state index in [-0.39, 0.29) is 17.4 Å². The molecule has 4 aromatic rings. The van der Waals surface area contributed by atoms with Gasteiger partial charge in [0.25, 0.3) is 0 Å². The van der Waals surface area contributed by atoms with Gasteiger partial charge in [0.05, 0.1) is 10.9 Å². The summed E-state index contributed by atoms with van der Waals surface area (Å²) in [4.78, 5) is 15.5. The largest absolute Gasteiger partial charge is 0.478 e. The van der Waals surface area contributed by atoms with E-state index in [4.69, 9.17) is 9.84 Å². The van der Waals surface area contributed by atoms with Gasteiger partial charge in [-0.05, 0) is 54.3 Å². The number of rotatable bonds is 6. The summed E-state index contributed by atoms with van der Waals surface area (Å²) in [6.45, 7) is 1.96. The zero-order valence-corrected chi connectivity index (χ0v) is 16.2. The first-order valence-electron chi connectivity index (χ1n) is 9.42. The average molecular weight is 402 g/mol. The maximum atomic E-state index is 13.6. The minimum atomic E-state index is -0.961. The Morgan fingerprint density at radius 1 is 1.07 bits per heavy atom. The molecule has 1 heterocycles. The first-order valence-corrected chi connectivity index (χ1v) is 9.42. The number of carboxylic acid groups (broad SMARTS) is 1. The van der Waals surface area contributed by atoms with Crippen LogP contribution in [-0.2, 0) is 0 Å². The van der Waals surface area contributed by atoms with Crippen molar-refractivity contribution in [3.05, 3.63) is 95.9 Å². The molecule has 0 aliphatic carbocycles. The molecule has 4 rings (SSSR count). The Kier molecular flexibility index (Phi) is 5.30. The van der Waals surface area contributed by atoms with E-state index < -0.39 is 5.97 Å². The van der Waals surface area contributed by atoms with Crippen molar-refractivity contribution in [1.29, 1.82) is 0 Å². The summed E-state index contributed by atoms with van der Waals surface area (Å²) in [5, 5.41) is 14.2. The molecule has 1 atom stereocenters. The maximum absolute atomic E-state index is 13.6. The van der Waals surface area contributed by atoms with E-state index in [0.29, 0.717) is 17.3 Å². The van der Waals surface area contributed by atoms with E-state index in [0.717, 1.165) is 16.3 Å². The second-order valence-electron chi connectivity index (χ2n) is 6.87. The second-order valence-corrected chi connectivity index (χ2v) is 6.87. The van der Waals surface area contributed by atoms with Gasteiger partial charge in [-0.1, -0.05) is 30.3 Å². The van der Waals surface area contributed by atoms with Gasteiger partial charge in [0.2, 0.25) is 0 Å². The van der Waals surface area contributed by atoms with Gasteiger partial charge >= 0.3 is 5.97 Å². The standard InChI is InChI=1S/C24H19FN2O3/c1-15(16-8-10-18(11-9-16)24(28)29)27-23-22-17(12-13-26-23)4-2-7-21(22)30-20-6-3-5-19(25)14-20/h2-15H,1H3,(H,26,27)(H,28,29)/t15-/m0/s1. The number of halogens is 1. The second kappa shape index (κ2) is 8.21. The Hall–Kier alpha value is -3.93. The summed E-state index contributed by atoms with van der Waals surface area (Å²) in [5.74, 6) is 0.241. The molecular formula is C24H19FN2O3. The summed E-state index contributed by atoms with van der Waals surface area (Å²) in [6.07, 6.45) is 1.71. The van der Waals surface area contributed by atoms with Crippen LogP contribution in [0.25, 0.3) is 10.8 Å². The zero-order chi connectivity index (χ0) is 21.1. The van der Waals surface area contributed by atoms with Crippen molar-refractivity contribution in [2.45, 2.75) is 13.0 Å². The minimum absolute atomic E-state index is 0.131. The molecule has 3 aromatic carbocycles. The number of pyridine rings is 1. The third-order valence-electron chi connectivity index (χ3n) is 4.79. The minimum Gasteiger partial charge on any atom is -0.478 e. The van der Waals surface area contributed by atoms with E-state index in [9.17, 15) is 9.18 Å². The van der Waals surface area contributed by atoms with Crippen LogP contribution in [0.2, 0.25) is 0 Å². The van der Waals surface area contributed by atoms with E-state index >= 15 is 0 Å². The van der Waals surface area contributed by atoms with Crippen LogP contribution in [0.3, 0.4) is 0 Å². The smallest absolute Gasteiger partial charge is 0.335 e. The van der Waals surface area contributed by atoms with Gasteiger partial charge in [-0.3, -0.25) is 0 Å². The van der Waals surface area contributed by atoms with Gasteiger partial charge in [0, 0.05) is 18.3 Å². The van der Waals surface area contributed by atoms with Crippen LogP contribution in [0.5, 0.6) is 11.5 Å². The van der Waals surface area contributed by atoms with Gasteiger partial charge in [0.1, 0.15) is 23.1 Å².